The number of benzene rings is 1. The van der Waals surface area contributed by atoms with Crippen molar-refractivity contribution < 1.29 is 19.4 Å². The summed E-state index contributed by atoms with van der Waals surface area (Å²) >= 11 is 0. The molecule has 0 radical (unpaired) electrons. The molecular formula is C17H27N3O4. The van der Waals surface area contributed by atoms with Gasteiger partial charge in [-0.3, -0.25) is 4.90 Å². The first-order chi connectivity index (χ1) is 11.5. The zero-order valence-electron chi connectivity index (χ0n) is 14.4. The van der Waals surface area contributed by atoms with E-state index in [1.165, 1.54) is 0 Å². The Bertz CT molecular complexity index is 530. The van der Waals surface area contributed by atoms with Gasteiger partial charge in [-0.2, -0.15) is 0 Å². The molecule has 0 saturated carbocycles. The molecule has 24 heavy (non-hydrogen) atoms. The third-order valence-corrected chi connectivity index (χ3v) is 3.73. The summed E-state index contributed by atoms with van der Waals surface area (Å²) in [7, 11) is 0. The Morgan fingerprint density at radius 1 is 1.38 bits per heavy atom. The number of ether oxygens (including phenoxy) is 2. The minimum absolute atomic E-state index is 0.160. The number of aliphatic hydroxyl groups is 1. The van der Waals surface area contributed by atoms with Crippen LogP contribution >= 0.6 is 0 Å². The van der Waals surface area contributed by atoms with Crippen molar-refractivity contribution in [2.45, 2.75) is 19.4 Å². The molecule has 1 unspecified atom stereocenters. The van der Waals surface area contributed by atoms with Gasteiger partial charge in [-0.05, 0) is 26.0 Å². The topological polar surface area (TPSA) is 83.1 Å². The van der Waals surface area contributed by atoms with Crippen molar-refractivity contribution in [3.05, 3.63) is 24.3 Å². The summed E-state index contributed by atoms with van der Waals surface area (Å²) in [5, 5.41) is 15.9. The van der Waals surface area contributed by atoms with E-state index in [2.05, 4.69) is 15.5 Å². The number of β-amino-alcohol motifs (C(OH)–C–C–N with tert-alkyl or cyclic N) is 1. The quantitative estimate of drug-likeness (QED) is 0.698. The van der Waals surface area contributed by atoms with E-state index in [1.54, 1.807) is 19.1 Å². The Labute approximate surface area is 142 Å². The number of nitrogens with one attached hydrogen (secondary N) is 2. The van der Waals surface area contributed by atoms with E-state index in [9.17, 15) is 9.90 Å². The van der Waals surface area contributed by atoms with E-state index < -0.39 is 5.60 Å². The highest BCUT2D eigenvalue weighted by atomic mass is 16.5. The van der Waals surface area contributed by atoms with Gasteiger partial charge in [0.1, 0.15) is 5.75 Å². The van der Waals surface area contributed by atoms with Gasteiger partial charge in [0.15, 0.2) is 0 Å². The van der Waals surface area contributed by atoms with Crippen LogP contribution in [0.15, 0.2) is 24.3 Å². The molecule has 1 heterocycles. The Balaban J connectivity index is 1.81. The molecule has 0 spiro atoms. The van der Waals surface area contributed by atoms with Gasteiger partial charge in [0.25, 0.3) is 0 Å². The molecule has 1 atom stereocenters. The lowest BCUT2D eigenvalue weighted by Crippen LogP contribution is -2.51. The maximum atomic E-state index is 12.1. The van der Waals surface area contributed by atoms with Gasteiger partial charge in [-0.25, -0.2) is 4.79 Å². The number of rotatable bonds is 7. The molecule has 1 saturated heterocycles. The summed E-state index contributed by atoms with van der Waals surface area (Å²) in [6.07, 6.45) is 0. The zero-order valence-corrected chi connectivity index (χ0v) is 14.4. The Hall–Kier alpha value is -1.83. The fourth-order valence-corrected chi connectivity index (χ4v) is 2.59. The SMILES string of the molecule is CCOc1ccccc1NC(=O)NCC(C)(O)CN1CCOCC1. The van der Waals surface area contributed by atoms with Crippen LogP contribution < -0.4 is 15.4 Å². The van der Waals surface area contributed by atoms with Crippen molar-refractivity contribution in [1.29, 1.82) is 0 Å². The molecule has 2 amide bonds. The minimum Gasteiger partial charge on any atom is -0.492 e. The van der Waals surface area contributed by atoms with Crippen LogP contribution in [-0.2, 0) is 4.74 Å². The standard InChI is InChI=1S/C17H27N3O4/c1-3-24-15-7-5-4-6-14(15)19-16(21)18-12-17(2,22)13-20-8-10-23-11-9-20/h4-7,22H,3,8-13H2,1-2H3,(H2,18,19,21). The van der Waals surface area contributed by atoms with Crippen molar-refractivity contribution in [1.82, 2.24) is 10.2 Å². The predicted molar refractivity (Wildman–Crippen MR) is 92.5 cm³/mol. The zero-order chi connectivity index (χ0) is 17.4. The number of nitrogens with zero attached hydrogens (tertiary/aromatic N) is 1. The number of para-hydroxylation sites is 2. The van der Waals surface area contributed by atoms with E-state index in [0.717, 1.165) is 13.1 Å². The molecule has 3 N–H and O–H groups in total. The van der Waals surface area contributed by atoms with Gasteiger partial charge < -0.3 is 25.2 Å². The summed E-state index contributed by atoms with van der Waals surface area (Å²) in [6, 6.07) is 6.88. The van der Waals surface area contributed by atoms with E-state index in [1.807, 2.05) is 19.1 Å². The summed E-state index contributed by atoms with van der Waals surface area (Å²) in [4.78, 5) is 14.2. The predicted octanol–water partition coefficient (Wildman–Crippen LogP) is 1.29. The first kappa shape index (κ1) is 18.5. The molecule has 1 aromatic carbocycles. The highest BCUT2D eigenvalue weighted by Gasteiger charge is 2.26. The van der Waals surface area contributed by atoms with Crippen LogP contribution in [0, 0.1) is 0 Å². The molecule has 7 nitrogen and oxygen atoms in total. The molecular weight excluding hydrogens is 310 g/mol. The monoisotopic (exact) mass is 337 g/mol. The van der Waals surface area contributed by atoms with Gasteiger partial charge in [-0.15, -0.1) is 0 Å². The summed E-state index contributed by atoms with van der Waals surface area (Å²) in [5.41, 5.74) is -0.404. The maximum Gasteiger partial charge on any atom is 0.319 e. The average molecular weight is 337 g/mol. The van der Waals surface area contributed by atoms with Gasteiger partial charge in [0, 0.05) is 26.2 Å². The number of amides is 2. The van der Waals surface area contributed by atoms with Gasteiger partial charge in [0.05, 0.1) is 31.1 Å². The number of hydrogen-bond acceptors (Lipinski definition) is 5. The fraction of sp³-hybridized carbons (Fsp3) is 0.588. The van der Waals surface area contributed by atoms with Crippen LogP contribution in [0.3, 0.4) is 0 Å². The second-order valence-electron chi connectivity index (χ2n) is 6.12. The number of carbonyl (C=O) groups is 1. The summed E-state index contributed by atoms with van der Waals surface area (Å²) in [6.45, 7) is 7.73. The number of carbonyl (C=O) groups excluding carboxylic acids is 1. The second-order valence-corrected chi connectivity index (χ2v) is 6.12. The molecule has 7 heteroatoms. The molecule has 0 bridgehead atoms. The van der Waals surface area contributed by atoms with Crippen molar-refractivity contribution >= 4 is 11.7 Å². The van der Waals surface area contributed by atoms with Crippen LogP contribution in [0.1, 0.15) is 13.8 Å². The molecule has 1 fully saturated rings. The first-order valence-electron chi connectivity index (χ1n) is 8.29. The molecule has 0 aliphatic carbocycles. The molecule has 1 aromatic rings. The van der Waals surface area contributed by atoms with E-state index in [0.29, 0.717) is 37.8 Å². The van der Waals surface area contributed by atoms with E-state index in [-0.39, 0.29) is 12.6 Å². The lowest BCUT2D eigenvalue weighted by molar-refractivity contribution is -0.0205. The minimum atomic E-state index is -1.01. The Kier molecular flexibility index (Phi) is 6.84. The van der Waals surface area contributed by atoms with Crippen LogP contribution in [0.25, 0.3) is 0 Å². The van der Waals surface area contributed by atoms with Gasteiger partial charge in [0.2, 0.25) is 0 Å². The van der Waals surface area contributed by atoms with E-state index in [4.69, 9.17) is 9.47 Å². The highest BCUT2D eigenvalue weighted by molar-refractivity contribution is 5.90. The highest BCUT2D eigenvalue weighted by Crippen LogP contribution is 2.23. The number of urea groups is 1. The largest absolute Gasteiger partial charge is 0.492 e. The van der Waals surface area contributed by atoms with Crippen molar-refractivity contribution in [2.75, 3.05) is 51.3 Å². The normalized spacial score (nSPS) is 17.8. The number of anilines is 1. The maximum absolute atomic E-state index is 12.1. The lowest BCUT2D eigenvalue weighted by atomic mass is 10.1. The van der Waals surface area contributed by atoms with Crippen LogP contribution in [0.5, 0.6) is 5.75 Å². The molecule has 1 aliphatic heterocycles. The summed E-state index contributed by atoms with van der Waals surface area (Å²) in [5.74, 6) is 0.621. The van der Waals surface area contributed by atoms with Crippen LogP contribution in [0.2, 0.25) is 0 Å². The number of hydrogen-bond donors (Lipinski definition) is 3. The number of morpholine rings is 1. The average Bonchev–Trinajstić information content (AvgIpc) is 2.56. The summed E-state index contributed by atoms with van der Waals surface area (Å²) < 4.78 is 10.8. The third kappa shape index (κ3) is 5.99. The molecule has 0 aromatic heterocycles. The van der Waals surface area contributed by atoms with Crippen molar-refractivity contribution in [3.8, 4) is 5.75 Å². The van der Waals surface area contributed by atoms with Crippen LogP contribution in [0.4, 0.5) is 10.5 Å². The van der Waals surface area contributed by atoms with Crippen molar-refractivity contribution in [3.63, 3.8) is 0 Å². The first-order valence-corrected chi connectivity index (χ1v) is 8.29. The smallest absolute Gasteiger partial charge is 0.319 e. The molecule has 1 aliphatic rings. The second kappa shape index (κ2) is 8.86. The van der Waals surface area contributed by atoms with Crippen molar-refractivity contribution in [2.24, 2.45) is 0 Å². The third-order valence-electron chi connectivity index (χ3n) is 3.73. The molecule has 134 valence electrons. The Morgan fingerprint density at radius 3 is 2.79 bits per heavy atom. The fourth-order valence-electron chi connectivity index (χ4n) is 2.59. The van der Waals surface area contributed by atoms with E-state index >= 15 is 0 Å². The lowest BCUT2D eigenvalue weighted by Gasteiger charge is -2.33. The van der Waals surface area contributed by atoms with Gasteiger partial charge >= 0.3 is 6.03 Å². The van der Waals surface area contributed by atoms with Crippen LogP contribution in [-0.4, -0.2) is 67.6 Å². The Morgan fingerprint density at radius 2 is 2.08 bits per heavy atom. The van der Waals surface area contributed by atoms with Gasteiger partial charge in [-0.1, -0.05) is 12.1 Å². The molecule has 2 rings (SSSR count).